The fourth-order valence-electron chi connectivity index (χ4n) is 1.58. The number of aliphatic hydroxyl groups is 2. The maximum atomic E-state index is 9.55. The molecule has 1 aliphatic carbocycles. The molecule has 1 aliphatic rings. The maximum absolute atomic E-state index is 9.55. The molecule has 0 amide bonds. The summed E-state index contributed by atoms with van der Waals surface area (Å²) in [4.78, 5) is 0. The zero-order valence-electron chi connectivity index (χ0n) is 8.60. The third-order valence-corrected chi connectivity index (χ3v) is 2.53. The first-order chi connectivity index (χ1) is 6.80. The normalized spacial score (nSPS) is 35.3. The van der Waals surface area contributed by atoms with Gasteiger partial charge in [0.15, 0.2) is 0 Å². The van der Waals surface area contributed by atoms with E-state index in [2.05, 4.69) is 18.2 Å². The van der Waals surface area contributed by atoms with E-state index >= 15 is 0 Å². The van der Waals surface area contributed by atoms with Crippen LogP contribution in [0.15, 0.2) is 24.3 Å². The summed E-state index contributed by atoms with van der Waals surface area (Å²) in [5.41, 5.74) is 0. The van der Waals surface area contributed by atoms with Gasteiger partial charge in [0.05, 0.1) is 12.2 Å². The Kier molecular flexibility index (Phi) is 5.57. The van der Waals surface area contributed by atoms with Gasteiger partial charge in [-0.2, -0.15) is 0 Å². The first-order valence-electron chi connectivity index (χ1n) is 5.47. The summed E-state index contributed by atoms with van der Waals surface area (Å²) in [7, 11) is 0. The maximum Gasteiger partial charge on any atom is 0.0833 e. The highest BCUT2D eigenvalue weighted by Crippen LogP contribution is 2.10. The van der Waals surface area contributed by atoms with Crippen molar-refractivity contribution in [3.8, 4) is 0 Å². The molecule has 0 heterocycles. The van der Waals surface area contributed by atoms with Gasteiger partial charge in [0.2, 0.25) is 0 Å². The summed E-state index contributed by atoms with van der Waals surface area (Å²) in [6, 6.07) is 0. The van der Waals surface area contributed by atoms with Crippen molar-refractivity contribution in [2.24, 2.45) is 0 Å². The van der Waals surface area contributed by atoms with Crippen LogP contribution in [0.1, 0.15) is 38.5 Å². The van der Waals surface area contributed by atoms with Gasteiger partial charge >= 0.3 is 0 Å². The van der Waals surface area contributed by atoms with Gasteiger partial charge in [-0.15, -0.1) is 0 Å². The molecule has 0 fully saturated rings. The molecule has 0 saturated heterocycles. The van der Waals surface area contributed by atoms with E-state index in [9.17, 15) is 10.2 Å². The van der Waals surface area contributed by atoms with Crippen molar-refractivity contribution < 1.29 is 10.2 Å². The summed E-state index contributed by atoms with van der Waals surface area (Å²) in [6.07, 6.45) is 12.6. The number of hydrogen-bond acceptors (Lipinski definition) is 2. The molecular weight excluding hydrogens is 176 g/mol. The highest BCUT2D eigenvalue weighted by molar-refractivity contribution is 4.91. The van der Waals surface area contributed by atoms with Crippen molar-refractivity contribution in [3.63, 3.8) is 0 Å². The minimum Gasteiger partial charge on any atom is -0.390 e. The van der Waals surface area contributed by atoms with Gasteiger partial charge in [0.25, 0.3) is 0 Å². The Morgan fingerprint density at radius 3 is 2.21 bits per heavy atom. The molecule has 2 nitrogen and oxygen atoms in total. The van der Waals surface area contributed by atoms with Crippen LogP contribution in [0.25, 0.3) is 0 Å². The van der Waals surface area contributed by atoms with E-state index in [1.165, 1.54) is 0 Å². The van der Waals surface area contributed by atoms with E-state index in [4.69, 9.17) is 0 Å². The molecule has 0 aromatic carbocycles. The van der Waals surface area contributed by atoms with Crippen molar-refractivity contribution in [1.82, 2.24) is 0 Å². The smallest absolute Gasteiger partial charge is 0.0833 e. The average Bonchev–Trinajstić information content (AvgIpc) is 2.18. The van der Waals surface area contributed by atoms with E-state index in [-0.39, 0.29) is 0 Å². The molecule has 1 rings (SSSR count). The Labute approximate surface area is 86.0 Å². The summed E-state index contributed by atoms with van der Waals surface area (Å²) >= 11 is 0. The molecule has 0 aromatic heterocycles. The molecule has 14 heavy (non-hydrogen) atoms. The number of rotatable bonds is 0. The molecule has 0 unspecified atom stereocenters. The molecule has 0 aliphatic heterocycles. The van der Waals surface area contributed by atoms with Crippen LogP contribution in [-0.4, -0.2) is 22.4 Å². The molecular formula is C12H20O2. The van der Waals surface area contributed by atoms with Crippen LogP contribution in [0.5, 0.6) is 0 Å². The zero-order chi connectivity index (χ0) is 10.2. The van der Waals surface area contributed by atoms with Crippen LogP contribution in [0.3, 0.4) is 0 Å². The van der Waals surface area contributed by atoms with Gasteiger partial charge in [-0.05, 0) is 38.5 Å². The topological polar surface area (TPSA) is 40.5 Å². The van der Waals surface area contributed by atoms with Gasteiger partial charge in [-0.1, -0.05) is 24.3 Å². The lowest BCUT2D eigenvalue weighted by molar-refractivity contribution is 0.0157. The van der Waals surface area contributed by atoms with E-state index in [0.29, 0.717) is 12.8 Å². The minimum atomic E-state index is -0.588. The summed E-state index contributed by atoms with van der Waals surface area (Å²) in [6.45, 7) is 0. The fourth-order valence-corrected chi connectivity index (χ4v) is 1.58. The third kappa shape index (κ3) is 4.58. The summed E-state index contributed by atoms with van der Waals surface area (Å²) < 4.78 is 0. The van der Waals surface area contributed by atoms with Gasteiger partial charge in [-0.25, -0.2) is 0 Å². The second-order valence-corrected chi connectivity index (χ2v) is 3.82. The van der Waals surface area contributed by atoms with Crippen LogP contribution in [0.4, 0.5) is 0 Å². The monoisotopic (exact) mass is 196 g/mol. The number of aliphatic hydroxyl groups excluding tert-OH is 2. The van der Waals surface area contributed by atoms with Crippen LogP contribution in [-0.2, 0) is 0 Å². The predicted octanol–water partition coefficient (Wildman–Crippen LogP) is 2.17. The van der Waals surface area contributed by atoms with Crippen molar-refractivity contribution in [1.29, 1.82) is 0 Å². The lowest BCUT2D eigenvalue weighted by Crippen LogP contribution is -2.25. The molecule has 0 bridgehead atoms. The van der Waals surface area contributed by atoms with E-state index in [0.717, 1.165) is 25.7 Å². The second kappa shape index (κ2) is 6.80. The van der Waals surface area contributed by atoms with Crippen molar-refractivity contribution in [2.45, 2.75) is 50.7 Å². The van der Waals surface area contributed by atoms with Crippen molar-refractivity contribution in [3.05, 3.63) is 24.3 Å². The first kappa shape index (κ1) is 11.5. The molecule has 2 atom stereocenters. The molecule has 80 valence electrons. The molecule has 0 spiro atoms. The van der Waals surface area contributed by atoms with Gasteiger partial charge < -0.3 is 10.2 Å². The third-order valence-electron chi connectivity index (χ3n) is 2.53. The number of allylic oxidation sites excluding steroid dienone is 3. The van der Waals surface area contributed by atoms with E-state index < -0.39 is 12.2 Å². The van der Waals surface area contributed by atoms with Crippen LogP contribution in [0, 0.1) is 0 Å². The van der Waals surface area contributed by atoms with Crippen LogP contribution < -0.4 is 0 Å². The second-order valence-electron chi connectivity index (χ2n) is 3.82. The van der Waals surface area contributed by atoms with Crippen LogP contribution in [0.2, 0.25) is 0 Å². The highest BCUT2D eigenvalue weighted by Gasteiger charge is 2.13. The van der Waals surface area contributed by atoms with E-state index in [1.54, 1.807) is 0 Å². The number of hydrogen-bond donors (Lipinski definition) is 2. The van der Waals surface area contributed by atoms with Crippen molar-refractivity contribution >= 4 is 0 Å². The SMILES string of the molecule is O[C@@H]1CCC/C=C/CC/C=C\C[C@@H]1O. The Morgan fingerprint density at radius 2 is 1.43 bits per heavy atom. The Bertz CT molecular complexity index is 196. The Hall–Kier alpha value is -0.600. The van der Waals surface area contributed by atoms with Crippen LogP contribution >= 0.6 is 0 Å². The summed E-state index contributed by atoms with van der Waals surface area (Å²) in [5, 5.41) is 19.1. The van der Waals surface area contributed by atoms with Gasteiger partial charge in [-0.3, -0.25) is 0 Å². The van der Waals surface area contributed by atoms with Crippen molar-refractivity contribution in [2.75, 3.05) is 0 Å². The summed E-state index contributed by atoms with van der Waals surface area (Å²) in [5.74, 6) is 0. The fraction of sp³-hybridized carbons (Fsp3) is 0.667. The average molecular weight is 196 g/mol. The molecule has 2 heteroatoms. The molecule has 0 saturated carbocycles. The molecule has 0 radical (unpaired) electrons. The lowest BCUT2D eigenvalue weighted by atomic mass is 10.0. The van der Waals surface area contributed by atoms with Gasteiger partial charge in [0, 0.05) is 0 Å². The Morgan fingerprint density at radius 1 is 0.786 bits per heavy atom. The standard InChI is InChI=1S/C12H20O2/c13-11-9-7-5-3-1-2-4-6-8-10-12(11)14/h1,3,6,8,11-14H,2,4-5,7,9-10H2/b3-1+,8-6-/t11-,12+/m1/s1. The predicted molar refractivity (Wildman–Crippen MR) is 58.0 cm³/mol. The zero-order valence-corrected chi connectivity index (χ0v) is 8.60. The Balaban J connectivity index is 2.41. The van der Waals surface area contributed by atoms with Gasteiger partial charge in [0.1, 0.15) is 0 Å². The lowest BCUT2D eigenvalue weighted by Gasteiger charge is -2.15. The first-order valence-corrected chi connectivity index (χ1v) is 5.47. The highest BCUT2D eigenvalue weighted by atomic mass is 16.3. The largest absolute Gasteiger partial charge is 0.390 e. The molecule has 2 N–H and O–H groups in total. The molecule has 0 aromatic rings. The minimum absolute atomic E-state index is 0.563. The quantitative estimate of drug-likeness (QED) is 0.583. The van der Waals surface area contributed by atoms with E-state index in [1.807, 2.05) is 6.08 Å².